The Morgan fingerprint density at radius 2 is 1.91 bits per heavy atom. The fourth-order valence-electron chi connectivity index (χ4n) is 0.946. The van der Waals surface area contributed by atoms with Crippen LogP contribution in [0.4, 0.5) is 0 Å². The minimum atomic E-state index is 0.481. The number of hydrogen-bond donors (Lipinski definition) is 2. The van der Waals surface area contributed by atoms with Gasteiger partial charge >= 0.3 is 0 Å². The van der Waals surface area contributed by atoms with E-state index >= 15 is 0 Å². The highest BCUT2D eigenvalue weighted by Crippen LogP contribution is 2.01. The third kappa shape index (κ3) is 10.3. The molecule has 68 valence electrons. The van der Waals surface area contributed by atoms with Gasteiger partial charge in [0.15, 0.2) is 0 Å². The highest BCUT2D eigenvalue weighted by atomic mass is 32.1. The molecular weight excluding hydrogens is 154 g/mol. The maximum atomic E-state index is 4.28. The maximum absolute atomic E-state index is 4.28. The van der Waals surface area contributed by atoms with E-state index in [0.29, 0.717) is 5.25 Å². The lowest BCUT2D eigenvalue weighted by Gasteiger charge is -2.07. The van der Waals surface area contributed by atoms with Gasteiger partial charge in [0.05, 0.1) is 0 Å². The van der Waals surface area contributed by atoms with Crippen molar-refractivity contribution in [1.82, 2.24) is 5.32 Å². The molecule has 1 atom stereocenters. The molecule has 0 aromatic heterocycles. The quantitative estimate of drug-likeness (QED) is 0.466. The van der Waals surface area contributed by atoms with Gasteiger partial charge < -0.3 is 5.32 Å². The van der Waals surface area contributed by atoms with Gasteiger partial charge in [-0.25, -0.2) is 0 Å². The van der Waals surface area contributed by atoms with E-state index in [4.69, 9.17) is 0 Å². The molecule has 0 aliphatic rings. The Labute approximate surface area is 76.4 Å². The van der Waals surface area contributed by atoms with E-state index in [9.17, 15) is 0 Å². The fraction of sp³-hybridized carbons (Fsp3) is 1.00. The standard InChI is InChI=1S/C9H21NS/c1-8(2)5-4-6-10-7-9(3)11/h8-11H,4-7H2,1-3H3/t9-/m0/s1. The fourth-order valence-corrected chi connectivity index (χ4v) is 1.08. The van der Waals surface area contributed by atoms with Gasteiger partial charge in [0, 0.05) is 11.8 Å². The van der Waals surface area contributed by atoms with Crippen molar-refractivity contribution in [3.05, 3.63) is 0 Å². The molecule has 0 aliphatic heterocycles. The Bertz CT molecular complexity index is 71.6. The van der Waals surface area contributed by atoms with Crippen LogP contribution in [0.25, 0.3) is 0 Å². The Hall–Kier alpha value is 0.310. The average Bonchev–Trinajstić information content (AvgIpc) is 1.85. The van der Waals surface area contributed by atoms with Gasteiger partial charge in [-0.15, -0.1) is 0 Å². The first-order valence-electron chi connectivity index (χ1n) is 4.51. The van der Waals surface area contributed by atoms with E-state index in [2.05, 4.69) is 38.7 Å². The van der Waals surface area contributed by atoms with Crippen molar-refractivity contribution in [2.75, 3.05) is 13.1 Å². The van der Waals surface area contributed by atoms with Gasteiger partial charge in [0.2, 0.25) is 0 Å². The van der Waals surface area contributed by atoms with Gasteiger partial charge in [-0.2, -0.15) is 12.6 Å². The molecule has 0 amide bonds. The molecule has 1 nitrogen and oxygen atoms in total. The summed E-state index contributed by atoms with van der Waals surface area (Å²) in [6, 6.07) is 0. The molecule has 0 saturated carbocycles. The molecule has 0 heterocycles. The highest BCUT2D eigenvalue weighted by molar-refractivity contribution is 7.80. The molecular formula is C9H21NS. The summed E-state index contributed by atoms with van der Waals surface area (Å²) in [4.78, 5) is 0. The molecule has 0 unspecified atom stereocenters. The molecule has 0 aliphatic carbocycles. The normalized spacial score (nSPS) is 13.9. The monoisotopic (exact) mass is 175 g/mol. The van der Waals surface area contributed by atoms with Gasteiger partial charge in [0.25, 0.3) is 0 Å². The SMILES string of the molecule is CC(C)CCCNC[C@H](C)S. The van der Waals surface area contributed by atoms with E-state index < -0.39 is 0 Å². The molecule has 0 aromatic carbocycles. The molecule has 0 rings (SSSR count). The summed E-state index contributed by atoms with van der Waals surface area (Å²) in [6.45, 7) is 8.81. The summed E-state index contributed by atoms with van der Waals surface area (Å²) in [7, 11) is 0. The molecule has 11 heavy (non-hydrogen) atoms. The number of rotatable bonds is 6. The van der Waals surface area contributed by atoms with Crippen LogP contribution in [0.3, 0.4) is 0 Å². The summed E-state index contributed by atoms with van der Waals surface area (Å²) >= 11 is 4.28. The zero-order chi connectivity index (χ0) is 8.69. The van der Waals surface area contributed by atoms with E-state index in [1.807, 2.05) is 0 Å². The Morgan fingerprint density at radius 3 is 2.36 bits per heavy atom. The van der Waals surface area contributed by atoms with Crippen LogP contribution in [0.2, 0.25) is 0 Å². The van der Waals surface area contributed by atoms with Crippen molar-refractivity contribution in [3.63, 3.8) is 0 Å². The van der Waals surface area contributed by atoms with E-state index in [-0.39, 0.29) is 0 Å². The Kier molecular flexibility index (Phi) is 7.18. The predicted molar refractivity (Wildman–Crippen MR) is 55.4 cm³/mol. The third-order valence-electron chi connectivity index (χ3n) is 1.57. The van der Waals surface area contributed by atoms with Crippen molar-refractivity contribution >= 4 is 12.6 Å². The van der Waals surface area contributed by atoms with Crippen LogP contribution in [0.15, 0.2) is 0 Å². The first-order chi connectivity index (χ1) is 5.13. The smallest absolute Gasteiger partial charge is 0.0113 e. The van der Waals surface area contributed by atoms with Gasteiger partial charge in [-0.1, -0.05) is 20.8 Å². The summed E-state index contributed by atoms with van der Waals surface area (Å²) in [5.41, 5.74) is 0. The summed E-state index contributed by atoms with van der Waals surface area (Å²) in [6.07, 6.45) is 2.62. The average molecular weight is 175 g/mol. The van der Waals surface area contributed by atoms with Crippen LogP contribution >= 0.6 is 12.6 Å². The lowest BCUT2D eigenvalue weighted by atomic mass is 10.1. The number of thiol groups is 1. The van der Waals surface area contributed by atoms with E-state index in [1.54, 1.807) is 0 Å². The molecule has 2 heteroatoms. The topological polar surface area (TPSA) is 12.0 Å². The predicted octanol–water partition coefficient (Wildman–Crippen LogP) is 2.33. The third-order valence-corrected chi connectivity index (χ3v) is 1.76. The summed E-state index contributed by atoms with van der Waals surface area (Å²) < 4.78 is 0. The molecule has 0 spiro atoms. The van der Waals surface area contributed by atoms with Crippen molar-refractivity contribution in [2.24, 2.45) is 5.92 Å². The summed E-state index contributed by atoms with van der Waals surface area (Å²) in [5.74, 6) is 0.838. The van der Waals surface area contributed by atoms with E-state index in [0.717, 1.165) is 19.0 Å². The zero-order valence-electron chi connectivity index (χ0n) is 7.93. The van der Waals surface area contributed by atoms with Crippen molar-refractivity contribution in [3.8, 4) is 0 Å². The van der Waals surface area contributed by atoms with Crippen LogP contribution in [-0.2, 0) is 0 Å². The van der Waals surface area contributed by atoms with Gasteiger partial charge in [-0.3, -0.25) is 0 Å². The summed E-state index contributed by atoms with van der Waals surface area (Å²) in [5, 5.41) is 3.84. The largest absolute Gasteiger partial charge is 0.316 e. The second-order valence-electron chi connectivity index (χ2n) is 3.59. The Morgan fingerprint density at radius 1 is 1.27 bits per heavy atom. The van der Waals surface area contributed by atoms with Crippen LogP contribution in [0.5, 0.6) is 0 Å². The number of nitrogens with one attached hydrogen (secondary N) is 1. The van der Waals surface area contributed by atoms with Gasteiger partial charge in [-0.05, 0) is 25.3 Å². The lowest BCUT2D eigenvalue weighted by Crippen LogP contribution is -2.22. The first-order valence-corrected chi connectivity index (χ1v) is 5.03. The second kappa shape index (κ2) is 6.99. The van der Waals surface area contributed by atoms with Crippen molar-refractivity contribution in [2.45, 2.75) is 38.9 Å². The van der Waals surface area contributed by atoms with E-state index in [1.165, 1.54) is 12.8 Å². The number of hydrogen-bond acceptors (Lipinski definition) is 2. The lowest BCUT2D eigenvalue weighted by molar-refractivity contribution is 0.529. The molecule has 0 saturated heterocycles. The van der Waals surface area contributed by atoms with Crippen LogP contribution in [-0.4, -0.2) is 18.3 Å². The molecule has 0 aromatic rings. The zero-order valence-corrected chi connectivity index (χ0v) is 8.82. The highest BCUT2D eigenvalue weighted by Gasteiger charge is 1.95. The van der Waals surface area contributed by atoms with Crippen molar-refractivity contribution in [1.29, 1.82) is 0 Å². The second-order valence-corrected chi connectivity index (χ2v) is 4.47. The molecule has 1 N–H and O–H groups in total. The van der Waals surface area contributed by atoms with Crippen LogP contribution in [0, 0.1) is 5.92 Å². The maximum Gasteiger partial charge on any atom is 0.0113 e. The molecule has 0 radical (unpaired) electrons. The molecule has 0 fully saturated rings. The van der Waals surface area contributed by atoms with Gasteiger partial charge in [0.1, 0.15) is 0 Å². The first kappa shape index (κ1) is 11.3. The minimum absolute atomic E-state index is 0.481. The van der Waals surface area contributed by atoms with Crippen LogP contribution < -0.4 is 5.32 Å². The molecule has 0 bridgehead atoms. The Balaban J connectivity index is 2.91. The van der Waals surface area contributed by atoms with Crippen LogP contribution in [0.1, 0.15) is 33.6 Å². The van der Waals surface area contributed by atoms with Crippen molar-refractivity contribution < 1.29 is 0 Å². The minimum Gasteiger partial charge on any atom is -0.316 e.